The predicted molar refractivity (Wildman–Crippen MR) is 123 cm³/mol. The van der Waals surface area contributed by atoms with Gasteiger partial charge in [0.1, 0.15) is 4.90 Å². The predicted octanol–water partition coefficient (Wildman–Crippen LogP) is 4.26. The van der Waals surface area contributed by atoms with Crippen LogP contribution in [0.2, 0.25) is 5.02 Å². The zero-order valence-electron chi connectivity index (χ0n) is 16.0. The summed E-state index contributed by atoms with van der Waals surface area (Å²) < 4.78 is 27.6. The van der Waals surface area contributed by atoms with E-state index in [4.69, 9.17) is 11.6 Å². The van der Waals surface area contributed by atoms with Gasteiger partial charge in [0, 0.05) is 15.5 Å². The van der Waals surface area contributed by atoms with Crippen molar-refractivity contribution in [3.8, 4) is 0 Å². The molecule has 0 fully saturated rings. The van der Waals surface area contributed by atoms with E-state index >= 15 is 0 Å². The summed E-state index contributed by atoms with van der Waals surface area (Å²) >= 11 is 10.2. The van der Waals surface area contributed by atoms with Crippen molar-refractivity contribution in [2.24, 2.45) is 0 Å². The second kappa shape index (κ2) is 8.22. The minimum Gasteiger partial charge on any atom is -0.291 e. The van der Waals surface area contributed by atoms with Crippen LogP contribution >= 0.6 is 24.2 Å². The van der Waals surface area contributed by atoms with Crippen molar-refractivity contribution in [2.75, 3.05) is 10.0 Å². The molecule has 0 aliphatic heterocycles. The molecule has 0 atom stereocenters. The lowest BCUT2D eigenvalue weighted by Crippen LogP contribution is -2.15. The fourth-order valence-corrected chi connectivity index (χ4v) is 4.81. The molecule has 3 aromatic carbocycles. The van der Waals surface area contributed by atoms with Crippen molar-refractivity contribution in [3.05, 3.63) is 70.7 Å². The Morgan fingerprint density at radius 3 is 2.61 bits per heavy atom. The van der Waals surface area contributed by atoms with Gasteiger partial charge in [0.15, 0.2) is 0 Å². The van der Waals surface area contributed by atoms with Crippen molar-refractivity contribution in [1.29, 1.82) is 0 Å². The molecule has 31 heavy (non-hydrogen) atoms. The van der Waals surface area contributed by atoms with Crippen LogP contribution < -0.4 is 10.0 Å². The van der Waals surface area contributed by atoms with E-state index in [1.165, 1.54) is 12.1 Å². The molecule has 8 nitrogen and oxygen atoms in total. The van der Waals surface area contributed by atoms with Crippen LogP contribution in [-0.2, 0) is 10.0 Å². The molecule has 0 radical (unpaired) electrons. The Morgan fingerprint density at radius 1 is 1.10 bits per heavy atom. The highest BCUT2D eigenvalue weighted by molar-refractivity contribution is 7.93. The number of aryl methyl sites for hydroxylation is 1. The van der Waals surface area contributed by atoms with Crippen LogP contribution in [0.3, 0.4) is 0 Å². The average molecular weight is 474 g/mol. The van der Waals surface area contributed by atoms with Crippen LogP contribution in [0.4, 0.5) is 11.9 Å². The molecule has 0 aliphatic carbocycles. The molecule has 0 unspecified atom stereocenters. The van der Waals surface area contributed by atoms with Crippen LogP contribution in [-0.4, -0.2) is 29.5 Å². The summed E-state index contributed by atoms with van der Waals surface area (Å²) in [5.74, 6) is -0.648. The summed E-state index contributed by atoms with van der Waals surface area (Å²) in [5.41, 5.74) is 1.01. The number of rotatable bonds is 5. The Morgan fingerprint density at radius 2 is 1.84 bits per heavy atom. The van der Waals surface area contributed by atoms with E-state index in [9.17, 15) is 13.2 Å². The number of sulfonamides is 1. The first-order chi connectivity index (χ1) is 14.7. The topological polar surface area (TPSA) is 117 Å². The highest BCUT2D eigenvalue weighted by Crippen LogP contribution is 2.28. The molecule has 4 rings (SSSR count). The van der Waals surface area contributed by atoms with Gasteiger partial charge in [-0.25, -0.2) is 18.2 Å². The maximum atomic E-state index is 12.7. The van der Waals surface area contributed by atoms with Crippen LogP contribution in [0.5, 0.6) is 0 Å². The van der Waals surface area contributed by atoms with Gasteiger partial charge >= 0.3 is 0 Å². The van der Waals surface area contributed by atoms with Crippen LogP contribution in [0.15, 0.2) is 64.4 Å². The summed E-state index contributed by atoms with van der Waals surface area (Å²) in [6.45, 7) is 1.68. The van der Waals surface area contributed by atoms with Crippen molar-refractivity contribution in [3.63, 3.8) is 0 Å². The highest BCUT2D eigenvalue weighted by atomic mass is 35.5. The van der Waals surface area contributed by atoms with E-state index in [-0.39, 0.29) is 21.7 Å². The summed E-state index contributed by atoms with van der Waals surface area (Å²) in [7, 11) is -4.02. The Balaban J connectivity index is 1.51. The number of amides is 1. The van der Waals surface area contributed by atoms with Crippen LogP contribution in [0.1, 0.15) is 15.9 Å². The van der Waals surface area contributed by atoms with Gasteiger partial charge in [-0.3, -0.25) is 10.1 Å². The third-order valence-electron chi connectivity index (χ3n) is 4.48. The molecule has 1 amide bonds. The maximum absolute atomic E-state index is 12.7. The fraction of sp³-hybridized carbons (Fsp3) is 0.0500. The summed E-state index contributed by atoms with van der Waals surface area (Å²) in [6.07, 6.45) is 0. The standard InChI is InChI=1S/C20H16ClN5O3S2/c1-11-8-17(16(30)10-15(11)21)31(28,29)26-20-23-19(24-25-20)22-18(27)14-7-6-12-4-2-3-5-13(12)9-14/h2-10,30H,1H3,(H3,22,23,24,25,26,27). The second-order valence-electron chi connectivity index (χ2n) is 6.70. The number of thiol groups is 1. The van der Waals surface area contributed by atoms with E-state index in [0.717, 1.165) is 10.8 Å². The van der Waals surface area contributed by atoms with E-state index < -0.39 is 15.9 Å². The van der Waals surface area contributed by atoms with E-state index in [1.807, 2.05) is 30.3 Å². The minimum absolute atomic E-state index is 0.00533. The Bertz CT molecular complexity index is 1420. The number of anilines is 2. The number of hydrogen-bond acceptors (Lipinski definition) is 6. The maximum Gasteiger partial charge on any atom is 0.265 e. The quantitative estimate of drug-likeness (QED) is 0.323. The molecular formula is C20H16ClN5O3S2. The Labute approximate surface area is 188 Å². The number of benzene rings is 3. The molecule has 4 aromatic rings. The molecule has 1 aromatic heterocycles. The molecule has 3 N–H and O–H groups in total. The van der Waals surface area contributed by atoms with Crippen molar-refractivity contribution in [1.82, 2.24) is 15.2 Å². The lowest BCUT2D eigenvalue weighted by molar-refractivity contribution is 0.102. The smallest absolute Gasteiger partial charge is 0.265 e. The Kier molecular flexibility index (Phi) is 5.61. The first-order valence-corrected chi connectivity index (χ1v) is 11.3. The molecular weight excluding hydrogens is 458 g/mol. The lowest BCUT2D eigenvalue weighted by atomic mass is 10.1. The number of H-pyrrole nitrogens is 1. The molecule has 0 spiro atoms. The molecule has 0 saturated heterocycles. The first-order valence-electron chi connectivity index (χ1n) is 8.97. The SMILES string of the molecule is Cc1cc(S(=O)(=O)Nc2n[nH]c(NC(=O)c3ccc4ccccc4c3)n2)c(S)cc1Cl. The number of fused-ring (bicyclic) bond motifs is 1. The van der Waals surface area contributed by atoms with Gasteiger partial charge in [0.25, 0.3) is 21.9 Å². The third-order valence-corrected chi connectivity index (χ3v) is 6.78. The largest absolute Gasteiger partial charge is 0.291 e. The number of aromatic nitrogens is 3. The summed E-state index contributed by atoms with van der Waals surface area (Å²) in [6, 6.07) is 15.8. The van der Waals surface area contributed by atoms with Gasteiger partial charge < -0.3 is 0 Å². The molecule has 158 valence electrons. The molecule has 0 saturated carbocycles. The van der Waals surface area contributed by atoms with E-state index in [0.29, 0.717) is 16.1 Å². The van der Waals surface area contributed by atoms with Crippen molar-refractivity contribution >= 4 is 62.8 Å². The number of nitrogens with one attached hydrogen (secondary N) is 3. The average Bonchev–Trinajstić information content (AvgIpc) is 3.16. The number of nitrogens with zero attached hydrogens (tertiary/aromatic N) is 2. The number of aromatic amines is 1. The number of halogens is 1. The second-order valence-corrected chi connectivity index (χ2v) is 9.24. The minimum atomic E-state index is -4.02. The summed E-state index contributed by atoms with van der Waals surface area (Å²) in [4.78, 5) is 16.6. The molecule has 0 bridgehead atoms. The zero-order chi connectivity index (χ0) is 22.2. The van der Waals surface area contributed by atoms with Crippen LogP contribution in [0, 0.1) is 6.92 Å². The van der Waals surface area contributed by atoms with Gasteiger partial charge in [-0.2, -0.15) is 4.98 Å². The van der Waals surface area contributed by atoms with Gasteiger partial charge in [0.2, 0.25) is 5.95 Å². The van der Waals surface area contributed by atoms with Crippen molar-refractivity contribution in [2.45, 2.75) is 16.7 Å². The fourth-order valence-electron chi connectivity index (χ4n) is 2.91. The normalized spacial score (nSPS) is 11.5. The summed E-state index contributed by atoms with van der Waals surface area (Å²) in [5, 5.41) is 11.2. The van der Waals surface area contributed by atoms with E-state index in [1.54, 1.807) is 19.1 Å². The third kappa shape index (κ3) is 4.50. The highest BCUT2D eigenvalue weighted by Gasteiger charge is 2.21. The van der Waals surface area contributed by atoms with Crippen LogP contribution in [0.25, 0.3) is 10.8 Å². The first kappa shape index (κ1) is 21.2. The van der Waals surface area contributed by atoms with Gasteiger partial charge in [-0.15, -0.1) is 17.7 Å². The van der Waals surface area contributed by atoms with Crippen molar-refractivity contribution < 1.29 is 13.2 Å². The van der Waals surface area contributed by atoms with E-state index in [2.05, 4.69) is 37.8 Å². The monoisotopic (exact) mass is 473 g/mol. The zero-order valence-corrected chi connectivity index (χ0v) is 18.5. The molecule has 11 heteroatoms. The van der Waals surface area contributed by atoms with Gasteiger partial charge in [0.05, 0.1) is 0 Å². The molecule has 0 aliphatic rings. The number of hydrogen-bond donors (Lipinski definition) is 4. The van der Waals surface area contributed by atoms with Gasteiger partial charge in [-0.05, 0) is 47.5 Å². The Hall–Kier alpha value is -3.08. The number of carbonyl (C=O) groups excluding carboxylic acids is 1. The van der Waals surface area contributed by atoms with Gasteiger partial charge in [-0.1, -0.05) is 41.9 Å². The lowest BCUT2D eigenvalue weighted by Gasteiger charge is -2.09. The molecule has 1 heterocycles. The number of carbonyl (C=O) groups is 1.